The minimum absolute atomic E-state index is 0.152. The van der Waals surface area contributed by atoms with Crippen LogP contribution < -0.4 is 10.5 Å². The van der Waals surface area contributed by atoms with Gasteiger partial charge in [-0.25, -0.2) is 9.18 Å². The maximum atomic E-state index is 13.3. The highest BCUT2D eigenvalue weighted by atomic mass is 19.1. The van der Waals surface area contributed by atoms with E-state index in [-0.39, 0.29) is 11.4 Å². The second-order valence-electron chi connectivity index (χ2n) is 3.93. The van der Waals surface area contributed by atoms with Crippen molar-refractivity contribution >= 4 is 11.7 Å². The van der Waals surface area contributed by atoms with Gasteiger partial charge >= 0.3 is 5.97 Å². The largest absolute Gasteiger partial charge is 0.491 e. The molecule has 1 saturated carbocycles. The zero-order valence-electron chi connectivity index (χ0n) is 8.57. The third-order valence-corrected chi connectivity index (χ3v) is 2.50. The topological polar surface area (TPSA) is 72.6 Å². The third-order valence-electron chi connectivity index (χ3n) is 2.50. The summed E-state index contributed by atoms with van der Waals surface area (Å²) in [6.07, 6.45) is 2.24. The molecule has 0 saturated heterocycles. The van der Waals surface area contributed by atoms with Gasteiger partial charge in [0.25, 0.3) is 0 Å². The van der Waals surface area contributed by atoms with Gasteiger partial charge in [0.1, 0.15) is 11.6 Å². The van der Waals surface area contributed by atoms with Gasteiger partial charge in [-0.15, -0.1) is 0 Å². The number of aromatic carboxylic acids is 1. The molecule has 1 aliphatic rings. The van der Waals surface area contributed by atoms with Crippen molar-refractivity contribution in [3.63, 3.8) is 0 Å². The summed E-state index contributed by atoms with van der Waals surface area (Å²) in [5.74, 6) is -1.42. The maximum Gasteiger partial charge on any atom is 0.338 e. The van der Waals surface area contributed by atoms with Crippen molar-refractivity contribution < 1.29 is 19.0 Å². The van der Waals surface area contributed by atoms with E-state index in [1.54, 1.807) is 0 Å². The molecule has 0 aromatic heterocycles. The number of ether oxygens (including phenoxy) is 1. The molecule has 1 aromatic rings. The van der Waals surface area contributed by atoms with Crippen LogP contribution in [0.5, 0.6) is 5.75 Å². The number of hydrogen-bond donors (Lipinski definition) is 2. The van der Waals surface area contributed by atoms with Gasteiger partial charge in [-0.05, 0) is 24.8 Å². The van der Waals surface area contributed by atoms with Crippen LogP contribution in [-0.4, -0.2) is 17.7 Å². The van der Waals surface area contributed by atoms with E-state index in [2.05, 4.69) is 0 Å². The fourth-order valence-electron chi connectivity index (χ4n) is 1.35. The molecule has 0 spiro atoms. The molecule has 0 atom stereocenters. The second kappa shape index (κ2) is 4.00. The average molecular weight is 225 g/mol. The number of hydrogen-bond acceptors (Lipinski definition) is 3. The zero-order valence-corrected chi connectivity index (χ0v) is 8.57. The standard InChI is InChI=1S/C11H12FNO3/c12-8-4-10(16-5-6-1-2-6)9(13)3-7(8)11(14)15/h3-4,6H,1-2,5,13H2,(H,14,15). The molecular formula is C11H12FNO3. The number of rotatable bonds is 4. The lowest BCUT2D eigenvalue weighted by molar-refractivity contribution is 0.0692. The predicted molar refractivity (Wildman–Crippen MR) is 56.0 cm³/mol. The first kappa shape index (κ1) is 10.7. The van der Waals surface area contributed by atoms with Crippen molar-refractivity contribution in [2.75, 3.05) is 12.3 Å². The molecule has 0 heterocycles. The molecule has 0 radical (unpaired) electrons. The SMILES string of the molecule is Nc1cc(C(=O)O)c(F)cc1OCC1CC1. The number of nitrogens with two attached hydrogens (primary N) is 1. The fraction of sp³-hybridized carbons (Fsp3) is 0.364. The summed E-state index contributed by atoms with van der Waals surface area (Å²) in [7, 11) is 0. The van der Waals surface area contributed by atoms with E-state index in [1.165, 1.54) is 0 Å². The molecule has 1 fully saturated rings. The molecular weight excluding hydrogens is 213 g/mol. The Hall–Kier alpha value is -1.78. The first-order valence-electron chi connectivity index (χ1n) is 5.03. The normalized spacial score (nSPS) is 14.8. The van der Waals surface area contributed by atoms with Gasteiger partial charge in [-0.1, -0.05) is 0 Å². The zero-order chi connectivity index (χ0) is 11.7. The van der Waals surface area contributed by atoms with Gasteiger partial charge in [0, 0.05) is 6.07 Å². The lowest BCUT2D eigenvalue weighted by Gasteiger charge is -2.09. The van der Waals surface area contributed by atoms with Crippen LogP contribution in [0.4, 0.5) is 10.1 Å². The summed E-state index contributed by atoms with van der Waals surface area (Å²) < 4.78 is 18.6. The van der Waals surface area contributed by atoms with E-state index < -0.39 is 17.3 Å². The summed E-state index contributed by atoms with van der Waals surface area (Å²) in [6.45, 7) is 0.510. The summed E-state index contributed by atoms with van der Waals surface area (Å²) in [5, 5.41) is 8.67. The highest BCUT2D eigenvalue weighted by Gasteiger charge is 2.23. The van der Waals surface area contributed by atoms with Crippen molar-refractivity contribution in [3.8, 4) is 5.75 Å². The monoisotopic (exact) mass is 225 g/mol. The van der Waals surface area contributed by atoms with E-state index in [4.69, 9.17) is 15.6 Å². The Morgan fingerprint density at radius 1 is 1.56 bits per heavy atom. The Morgan fingerprint density at radius 2 is 2.25 bits per heavy atom. The minimum Gasteiger partial charge on any atom is -0.491 e. The Morgan fingerprint density at radius 3 is 2.81 bits per heavy atom. The lowest BCUT2D eigenvalue weighted by atomic mass is 10.2. The highest BCUT2D eigenvalue weighted by molar-refractivity contribution is 5.89. The Kier molecular flexibility index (Phi) is 2.68. The molecule has 0 bridgehead atoms. The van der Waals surface area contributed by atoms with Crippen molar-refractivity contribution in [1.29, 1.82) is 0 Å². The highest BCUT2D eigenvalue weighted by Crippen LogP contribution is 2.31. The van der Waals surface area contributed by atoms with Gasteiger partial charge in [-0.2, -0.15) is 0 Å². The van der Waals surface area contributed by atoms with E-state index in [1.807, 2.05) is 0 Å². The number of halogens is 1. The Bertz CT molecular complexity index is 429. The predicted octanol–water partition coefficient (Wildman–Crippen LogP) is 1.89. The quantitative estimate of drug-likeness (QED) is 0.767. The van der Waals surface area contributed by atoms with Crippen LogP contribution in [0.15, 0.2) is 12.1 Å². The lowest BCUT2D eigenvalue weighted by Crippen LogP contribution is -2.06. The second-order valence-corrected chi connectivity index (χ2v) is 3.93. The van der Waals surface area contributed by atoms with E-state index in [0.717, 1.165) is 25.0 Å². The Balaban J connectivity index is 2.18. The third kappa shape index (κ3) is 2.24. The number of nitrogen functional groups attached to an aromatic ring is 1. The first-order valence-corrected chi connectivity index (χ1v) is 5.03. The minimum atomic E-state index is -1.34. The van der Waals surface area contributed by atoms with Crippen molar-refractivity contribution in [2.24, 2.45) is 5.92 Å². The number of carboxylic acids is 1. The molecule has 1 aliphatic carbocycles. The van der Waals surface area contributed by atoms with Crippen LogP contribution in [0.25, 0.3) is 0 Å². The summed E-state index contributed by atoms with van der Waals surface area (Å²) >= 11 is 0. The van der Waals surface area contributed by atoms with Gasteiger partial charge < -0.3 is 15.6 Å². The number of carbonyl (C=O) groups is 1. The fourth-order valence-corrected chi connectivity index (χ4v) is 1.35. The van der Waals surface area contributed by atoms with Crippen molar-refractivity contribution in [1.82, 2.24) is 0 Å². The van der Waals surface area contributed by atoms with E-state index in [0.29, 0.717) is 12.5 Å². The molecule has 1 aromatic carbocycles. The molecule has 16 heavy (non-hydrogen) atoms. The van der Waals surface area contributed by atoms with Crippen LogP contribution in [-0.2, 0) is 0 Å². The van der Waals surface area contributed by atoms with E-state index in [9.17, 15) is 9.18 Å². The molecule has 0 unspecified atom stereocenters. The van der Waals surface area contributed by atoms with Gasteiger partial charge in [0.05, 0.1) is 17.9 Å². The molecule has 0 amide bonds. The molecule has 4 nitrogen and oxygen atoms in total. The smallest absolute Gasteiger partial charge is 0.338 e. The van der Waals surface area contributed by atoms with E-state index >= 15 is 0 Å². The van der Waals surface area contributed by atoms with Crippen LogP contribution >= 0.6 is 0 Å². The van der Waals surface area contributed by atoms with Crippen LogP contribution in [0.3, 0.4) is 0 Å². The molecule has 86 valence electrons. The first-order chi connectivity index (χ1) is 7.58. The molecule has 3 N–H and O–H groups in total. The molecule has 2 rings (SSSR count). The maximum absolute atomic E-state index is 13.3. The van der Waals surface area contributed by atoms with Gasteiger partial charge in [-0.3, -0.25) is 0 Å². The van der Waals surface area contributed by atoms with Crippen LogP contribution in [0.1, 0.15) is 23.2 Å². The van der Waals surface area contributed by atoms with Crippen LogP contribution in [0.2, 0.25) is 0 Å². The molecule has 5 heteroatoms. The van der Waals surface area contributed by atoms with Gasteiger partial charge in [0.2, 0.25) is 0 Å². The molecule has 0 aliphatic heterocycles. The van der Waals surface area contributed by atoms with Gasteiger partial charge in [0.15, 0.2) is 0 Å². The van der Waals surface area contributed by atoms with Crippen molar-refractivity contribution in [2.45, 2.75) is 12.8 Å². The number of carboxylic acid groups (broad SMARTS) is 1. The summed E-state index contributed by atoms with van der Waals surface area (Å²) in [4.78, 5) is 10.6. The Labute approximate surface area is 91.8 Å². The van der Waals surface area contributed by atoms with Crippen molar-refractivity contribution in [3.05, 3.63) is 23.5 Å². The summed E-state index contributed by atoms with van der Waals surface area (Å²) in [6, 6.07) is 2.11. The van der Waals surface area contributed by atoms with Crippen LogP contribution in [0, 0.1) is 11.7 Å². The number of anilines is 1. The summed E-state index contributed by atoms with van der Waals surface area (Å²) in [5.41, 5.74) is 5.30. The average Bonchev–Trinajstić information content (AvgIpc) is 3.02. The number of benzene rings is 1.